The Balaban J connectivity index is 3.01. The van der Waals surface area contributed by atoms with Crippen molar-refractivity contribution in [1.29, 1.82) is 0 Å². The van der Waals surface area contributed by atoms with Crippen LogP contribution >= 0.6 is 0 Å². The minimum atomic E-state index is -4.13. The number of carbonyl (C=O) groups is 1. The highest BCUT2D eigenvalue weighted by Crippen LogP contribution is 2.18. The van der Waals surface area contributed by atoms with Crippen LogP contribution in [0.5, 0.6) is 0 Å². The third-order valence-electron chi connectivity index (χ3n) is 2.69. The van der Waals surface area contributed by atoms with Crippen molar-refractivity contribution in [2.45, 2.75) is 18.2 Å². The van der Waals surface area contributed by atoms with Gasteiger partial charge in [0, 0.05) is 5.75 Å². The van der Waals surface area contributed by atoms with Gasteiger partial charge in [0.1, 0.15) is 10.7 Å². The highest BCUT2D eigenvalue weighted by atomic mass is 32.2. The van der Waals surface area contributed by atoms with E-state index in [-0.39, 0.29) is 11.3 Å². The first-order chi connectivity index (χ1) is 9.59. The van der Waals surface area contributed by atoms with Crippen LogP contribution < -0.4 is 0 Å². The second-order valence-corrected chi connectivity index (χ2v) is 8.80. The van der Waals surface area contributed by atoms with Crippen LogP contribution in [-0.2, 0) is 19.7 Å². The average molecular weight is 338 g/mol. The molecule has 0 amide bonds. The fourth-order valence-electron chi connectivity index (χ4n) is 1.65. The molecule has 1 aromatic carbocycles. The van der Waals surface area contributed by atoms with E-state index < -0.39 is 47.9 Å². The van der Waals surface area contributed by atoms with Crippen molar-refractivity contribution in [2.24, 2.45) is 0 Å². The van der Waals surface area contributed by atoms with Gasteiger partial charge in [-0.2, -0.15) is 0 Å². The van der Waals surface area contributed by atoms with E-state index in [1.807, 2.05) is 0 Å². The van der Waals surface area contributed by atoms with Crippen LogP contribution in [0, 0.1) is 5.82 Å². The van der Waals surface area contributed by atoms with Crippen molar-refractivity contribution >= 4 is 25.6 Å². The van der Waals surface area contributed by atoms with Crippen molar-refractivity contribution in [1.82, 2.24) is 0 Å². The van der Waals surface area contributed by atoms with Gasteiger partial charge in [0.25, 0.3) is 0 Å². The molecule has 0 radical (unpaired) electrons. The first-order valence-electron chi connectivity index (χ1n) is 6.05. The zero-order chi connectivity index (χ0) is 16.3. The number of aromatic carboxylic acids is 1. The molecule has 0 bridgehead atoms. The van der Waals surface area contributed by atoms with Crippen LogP contribution in [0.2, 0.25) is 0 Å². The van der Waals surface area contributed by atoms with Gasteiger partial charge in [-0.25, -0.2) is 26.0 Å². The molecule has 9 heteroatoms. The predicted octanol–water partition coefficient (Wildman–Crippen LogP) is 1.12. The van der Waals surface area contributed by atoms with Crippen LogP contribution in [0.3, 0.4) is 0 Å². The Labute approximate surface area is 122 Å². The molecule has 0 heterocycles. The molecule has 6 nitrogen and oxygen atoms in total. The molecular formula is C12H15FO6S2. The van der Waals surface area contributed by atoms with Gasteiger partial charge in [-0.15, -0.1) is 0 Å². The lowest BCUT2D eigenvalue weighted by Gasteiger charge is -2.07. The quantitative estimate of drug-likeness (QED) is 0.799. The van der Waals surface area contributed by atoms with Crippen molar-refractivity contribution in [3.05, 3.63) is 29.6 Å². The molecule has 0 aliphatic carbocycles. The Morgan fingerprint density at radius 2 is 1.76 bits per heavy atom. The molecular weight excluding hydrogens is 323 g/mol. The Kier molecular flexibility index (Phi) is 5.46. The number of carboxylic acid groups (broad SMARTS) is 1. The van der Waals surface area contributed by atoms with Crippen LogP contribution in [0.25, 0.3) is 0 Å². The third kappa shape index (κ3) is 4.78. The molecule has 0 atom stereocenters. The Morgan fingerprint density at radius 3 is 2.24 bits per heavy atom. The monoisotopic (exact) mass is 338 g/mol. The van der Waals surface area contributed by atoms with Crippen molar-refractivity contribution in [2.75, 3.05) is 17.3 Å². The molecule has 21 heavy (non-hydrogen) atoms. The molecule has 118 valence electrons. The minimum absolute atomic E-state index is 0.136. The largest absolute Gasteiger partial charge is 0.478 e. The molecule has 0 saturated carbocycles. The second kappa shape index (κ2) is 6.52. The van der Waals surface area contributed by atoms with Gasteiger partial charge in [-0.3, -0.25) is 0 Å². The zero-order valence-electron chi connectivity index (χ0n) is 11.2. The maximum Gasteiger partial charge on any atom is 0.335 e. The number of benzene rings is 1. The lowest BCUT2D eigenvalue weighted by molar-refractivity contribution is 0.0696. The van der Waals surface area contributed by atoms with Gasteiger partial charge in [-0.05, 0) is 24.6 Å². The average Bonchev–Trinajstić information content (AvgIpc) is 2.36. The van der Waals surface area contributed by atoms with E-state index in [9.17, 15) is 26.0 Å². The Bertz CT molecular complexity index is 737. The standard InChI is InChI=1S/C12H15FO6S2/c1-2-5-20(16,17)6-7-21(18,19)11-4-3-9(12(14)15)8-10(11)13/h3-4,8H,2,5-7H2,1H3,(H,14,15). The van der Waals surface area contributed by atoms with E-state index in [2.05, 4.69) is 0 Å². The smallest absolute Gasteiger partial charge is 0.335 e. The van der Waals surface area contributed by atoms with Gasteiger partial charge < -0.3 is 5.11 Å². The summed E-state index contributed by atoms with van der Waals surface area (Å²) in [7, 11) is -7.64. The lowest BCUT2D eigenvalue weighted by atomic mass is 10.2. The summed E-state index contributed by atoms with van der Waals surface area (Å²) in [5.41, 5.74) is -0.384. The highest BCUT2D eigenvalue weighted by molar-refractivity contribution is 7.95. The second-order valence-electron chi connectivity index (χ2n) is 4.42. The SMILES string of the molecule is CCCS(=O)(=O)CCS(=O)(=O)c1ccc(C(=O)O)cc1F. The first-order valence-corrected chi connectivity index (χ1v) is 9.52. The molecule has 0 saturated heterocycles. The molecule has 0 aliphatic heterocycles. The van der Waals surface area contributed by atoms with Crippen LogP contribution in [-0.4, -0.2) is 45.2 Å². The molecule has 1 N–H and O–H groups in total. The van der Waals surface area contributed by atoms with E-state index in [0.717, 1.165) is 12.1 Å². The van der Waals surface area contributed by atoms with Crippen molar-refractivity contribution in [3.8, 4) is 0 Å². The molecule has 0 aliphatic rings. The van der Waals surface area contributed by atoms with E-state index >= 15 is 0 Å². The summed E-state index contributed by atoms with van der Waals surface area (Å²) in [6, 6.07) is 2.38. The summed E-state index contributed by atoms with van der Waals surface area (Å²) in [6.45, 7) is 1.65. The highest BCUT2D eigenvalue weighted by Gasteiger charge is 2.23. The normalized spacial score (nSPS) is 12.3. The Hall–Kier alpha value is -1.48. The topological polar surface area (TPSA) is 106 Å². The maximum atomic E-state index is 13.7. The van der Waals surface area contributed by atoms with Crippen LogP contribution in [0.15, 0.2) is 23.1 Å². The van der Waals surface area contributed by atoms with Crippen LogP contribution in [0.4, 0.5) is 4.39 Å². The fraction of sp³-hybridized carbons (Fsp3) is 0.417. The predicted molar refractivity (Wildman–Crippen MR) is 74.4 cm³/mol. The molecule has 1 aromatic rings. The third-order valence-corrected chi connectivity index (χ3v) is 6.55. The van der Waals surface area contributed by atoms with E-state index in [1.54, 1.807) is 6.92 Å². The molecule has 0 aromatic heterocycles. The maximum absolute atomic E-state index is 13.7. The fourth-order valence-corrected chi connectivity index (χ4v) is 5.22. The number of sulfone groups is 2. The summed E-state index contributed by atoms with van der Waals surface area (Å²) in [5, 5.41) is 8.68. The summed E-state index contributed by atoms with van der Waals surface area (Å²) in [6.07, 6.45) is 0.365. The van der Waals surface area contributed by atoms with Gasteiger partial charge in [0.2, 0.25) is 0 Å². The number of hydrogen-bond donors (Lipinski definition) is 1. The van der Waals surface area contributed by atoms with E-state index in [4.69, 9.17) is 5.11 Å². The van der Waals surface area contributed by atoms with Gasteiger partial charge >= 0.3 is 5.97 Å². The van der Waals surface area contributed by atoms with Gasteiger partial charge in [0.15, 0.2) is 19.7 Å². The van der Waals surface area contributed by atoms with Gasteiger partial charge in [0.05, 0.1) is 17.1 Å². The first kappa shape index (κ1) is 17.6. The molecule has 0 unspecified atom stereocenters. The summed E-state index contributed by atoms with van der Waals surface area (Å²) in [5.74, 6) is -4.06. The van der Waals surface area contributed by atoms with E-state index in [0.29, 0.717) is 12.5 Å². The zero-order valence-corrected chi connectivity index (χ0v) is 12.9. The minimum Gasteiger partial charge on any atom is -0.478 e. The number of hydrogen-bond acceptors (Lipinski definition) is 5. The van der Waals surface area contributed by atoms with Gasteiger partial charge in [-0.1, -0.05) is 6.92 Å². The summed E-state index contributed by atoms with van der Waals surface area (Å²) >= 11 is 0. The lowest BCUT2D eigenvalue weighted by Crippen LogP contribution is -2.20. The molecule has 0 spiro atoms. The molecule has 0 fully saturated rings. The number of carboxylic acids is 1. The number of halogens is 1. The number of rotatable bonds is 7. The van der Waals surface area contributed by atoms with Crippen molar-refractivity contribution in [3.63, 3.8) is 0 Å². The Morgan fingerprint density at radius 1 is 1.14 bits per heavy atom. The van der Waals surface area contributed by atoms with Crippen LogP contribution in [0.1, 0.15) is 23.7 Å². The van der Waals surface area contributed by atoms with E-state index in [1.165, 1.54) is 0 Å². The summed E-state index contributed by atoms with van der Waals surface area (Å²) < 4.78 is 60.6. The summed E-state index contributed by atoms with van der Waals surface area (Å²) in [4.78, 5) is 9.95. The van der Waals surface area contributed by atoms with Crippen molar-refractivity contribution < 1.29 is 31.1 Å². The molecule has 1 rings (SSSR count).